The van der Waals surface area contributed by atoms with Crippen molar-refractivity contribution in [2.45, 2.75) is 18.9 Å². The van der Waals surface area contributed by atoms with E-state index in [4.69, 9.17) is 0 Å². The van der Waals surface area contributed by atoms with Crippen molar-refractivity contribution in [1.29, 1.82) is 0 Å². The fourth-order valence-corrected chi connectivity index (χ4v) is 2.18. The molecule has 1 amide bonds. The van der Waals surface area contributed by atoms with E-state index < -0.39 is 24.1 Å². The van der Waals surface area contributed by atoms with Gasteiger partial charge in [-0.15, -0.1) is 13.2 Å². The predicted molar refractivity (Wildman–Crippen MR) is 63.8 cm³/mol. The Morgan fingerprint density at radius 3 is 2.63 bits per heavy atom. The first-order valence-corrected chi connectivity index (χ1v) is 6.09. The molecule has 1 atom stereocenters. The highest BCUT2D eigenvalue weighted by molar-refractivity contribution is 9.10. The van der Waals surface area contributed by atoms with Crippen molar-refractivity contribution in [2.75, 3.05) is 11.4 Å². The van der Waals surface area contributed by atoms with Gasteiger partial charge in [-0.3, -0.25) is 4.79 Å². The van der Waals surface area contributed by atoms with Gasteiger partial charge in [-0.2, -0.15) is 0 Å². The lowest BCUT2D eigenvalue weighted by Gasteiger charge is -2.20. The van der Waals surface area contributed by atoms with E-state index in [-0.39, 0.29) is 18.7 Å². The standard InChI is InChI=1S/C11H9BrF3NO3/c12-6-1-2-8(9(3-6)19-11(13,14)15)16-5-7(17)4-10(16)18/h1-3,7,17H,4-5H2. The Bertz CT molecular complexity index is 506. The van der Waals surface area contributed by atoms with Gasteiger partial charge < -0.3 is 14.7 Å². The van der Waals surface area contributed by atoms with Gasteiger partial charge in [0.25, 0.3) is 0 Å². The maximum absolute atomic E-state index is 12.3. The van der Waals surface area contributed by atoms with Crippen LogP contribution in [0.3, 0.4) is 0 Å². The highest BCUT2D eigenvalue weighted by atomic mass is 79.9. The summed E-state index contributed by atoms with van der Waals surface area (Å²) in [6.07, 6.45) is -5.84. The van der Waals surface area contributed by atoms with Crippen molar-refractivity contribution < 1.29 is 27.8 Å². The van der Waals surface area contributed by atoms with Crippen molar-refractivity contribution in [3.63, 3.8) is 0 Å². The SMILES string of the molecule is O=C1CC(O)CN1c1ccc(Br)cc1OC(F)(F)F. The number of alkyl halides is 3. The minimum absolute atomic E-state index is 0.0120. The molecule has 0 bridgehead atoms. The maximum atomic E-state index is 12.3. The highest BCUT2D eigenvalue weighted by Crippen LogP contribution is 2.37. The number of ether oxygens (including phenoxy) is 1. The van der Waals surface area contributed by atoms with Crippen LogP contribution in [0.5, 0.6) is 5.75 Å². The summed E-state index contributed by atoms with van der Waals surface area (Å²) in [5.74, 6) is -0.925. The molecule has 1 fully saturated rings. The molecular weight excluding hydrogens is 331 g/mol. The van der Waals surface area contributed by atoms with Gasteiger partial charge in [0.05, 0.1) is 24.8 Å². The number of carbonyl (C=O) groups is 1. The molecule has 0 saturated carbocycles. The predicted octanol–water partition coefficient (Wildman–Crippen LogP) is 2.45. The van der Waals surface area contributed by atoms with Crippen LogP contribution in [0.4, 0.5) is 18.9 Å². The van der Waals surface area contributed by atoms with E-state index in [1.54, 1.807) is 0 Å². The Morgan fingerprint density at radius 1 is 1.42 bits per heavy atom. The number of amides is 1. The number of β-amino-alcohol motifs (C(OH)–C–C–N with tert-alkyl or cyclic N) is 1. The minimum atomic E-state index is -4.85. The van der Waals surface area contributed by atoms with Crippen LogP contribution in [-0.4, -0.2) is 30.0 Å². The number of benzene rings is 1. The highest BCUT2D eigenvalue weighted by Gasteiger charge is 2.36. The molecule has 1 aliphatic heterocycles. The number of rotatable bonds is 2. The topological polar surface area (TPSA) is 49.8 Å². The van der Waals surface area contributed by atoms with E-state index in [9.17, 15) is 23.1 Å². The van der Waals surface area contributed by atoms with Crippen LogP contribution in [-0.2, 0) is 4.79 Å². The molecule has 0 aromatic heterocycles. The molecule has 0 radical (unpaired) electrons. The fourth-order valence-electron chi connectivity index (χ4n) is 1.84. The Balaban J connectivity index is 2.37. The van der Waals surface area contributed by atoms with Crippen LogP contribution < -0.4 is 9.64 Å². The molecule has 1 aromatic rings. The lowest BCUT2D eigenvalue weighted by Crippen LogP contribution is -2.27. The smallest absolute Gasteiger partial charge is 0.404 e. The van der Waals surface area contributed by atoms with E-state index >= 15 is 0 Å². The number of hydrogen-bond acceptors (Lipinski definition) is 3. The largest absolute Gasteiger partial charge is 0.573 e. The van der Waals surface area contributed by atoms with E-state index in [1.807, 2.05) is 0 Å². The Labute approximate surface area is 114 Å². The maximum Gasteiger partial charge on any atom is 0.573 e. The Kier molecular flexibility index (Phi) is 3.73. The van der Waals surface area contributed by atoms with Gasteiger partial charge in [0.1, 0.15) is 0 Å². The van der Waals surface area contributed by atoms with Gasteiger partial charge in [0.15, 0.2) is 5.75 Å². The second kappa shape index (κ2) is 5.01. The summed E-state index contributed by atoms with van der Waals surface area (Å²) in [6.45, 7) is -0.0469. The third-order valence-corrected chi connectivity index (χ3v) is 3.04. The van der Waals surface area contributed by atoms with Crippen LogP contribution in [0, 0.1) is 0 Å². The number of hydrogen-bond donors (Lipinski definition) is 1. The zero-order chi connectivity index (χ0) is 14.2. The summed E-state index contributed by atoms with van der Waals surface area (Å²) in [4.78, 5) is 12.7. The third-order valence-electron chi connectivity index (χ3n) is 2.54. The summed E-state index contributed by atoms with van der Waals surface area (Å²) in [6, 6.07) is 3.96. The van der Waals surface area contributed by atoms with Gasteiger partial charge in [-0.05, 0) is 18.2 Å². The van der Waals surface area contributed by atoms with Crippen LogP contribution in [0.1, 0.15) is 6.42 Å². The van der Waals surface area contributed by atoms with Gasteiger partial charge >= 0.3 is 6.36 Å². The first-order valence-electron chi connectivity index (χ1n) is 5.30. The zero-order valence-electron chi connectivity index (χ0n) is 9.45. The molecule has 1 N–H and O–H groups in total. The molecule has 2 rings (SSSR count). The van der Waals surface area contributed by atoms with Gasteiger partial charge in [0.2, 0.25) is 5.91 Å². The molecule has 0 aliphatic carbocycles. The molecular formula is C11H9BrF3NO3. The van der Waals surface area contributed by atoms with Crippen LogP contribution in [0.15, 0.2) is 22.7 Å². The van der Waals surface area contributed by atoms with E-state index in [2.05, 4.69) is 20.7 Å². The van der Waals surface area contributed by atoms with Crippen molar-refractivity contribution in [1.82, 2.24) is 0 Å². The fraction of sp³-hybridized carbons (Fsp3) is 0.364. The second-order valence-electron chi connectivity index (χ2n) is 4.02. The number of nitrogens with zero attached hydrogens (tertiary/aromatic N) is 1. The molecule has 8 heteroatoms. The second-order valence-corrected chi connectivity index (χ2v) is 4.94. The summed E-state index contributed by atoms with van der Waals surface area (Å²) >= 11 is 3.04. The van der Waals surface area contributed by atoms with Crippen molar-refractivity contribution in [3.8, 4) is 5.75 Å². The van der Waals surface area contributed by atoms with Crippen molar-refractivity contribution in [3.05, 3.63) is 22.7 Å². The molecule has 1 aromatic carbocycles. The van der Waals surface area contributed by atoms with Gasteiger partial charge in [-0.1, -0.05) is 15.9 Å². The zero-order valence-corrected chi connectivity index (χ0v) is 11.0. The van der Waals surface area contributed by atoms with E-state index in [0.717, 1.165) is 11.0 Å². The molecule has 104 valence electrons. The number of carbonyl (C=O) groups excluding carboxylic acids is 1. The first kappa shape index (κ1) is 14.1. The first-order chi connectivity index (χ1) is 8.76. The van der Waals surface area contributed by atoms with Crippen LogP contribution in [0.25, 0.3) is 0 Å². The quantitative estimate of drug-likeness (QED) is 0.900. The average Bonchev–Trinajstić information content (AvgIpc) is 2.55. The average molecular weight is 340 g/mol. The summed E-state index contributed by atoms with van der Waals surface area (Å²) in [7, 11) is 0. The van der Waals surface area contributed by atoms with E-state index in [0.29, 0.717) is 4.47 Å². The van der Waals surface area contributed by atoms with Gasteiger partial charge in [0, 0.05) is 4.47 Å². The normalized spacial score (nSPS) is 19.9. The summed E-state index contributed by atoms with van der Waals surface area (Å²) in [5, 5.41) is 9.37. The summed E-state index contributed by atoms with van der Waals surface area (Å²) in [5.41, 5.74) is -0.0120. The molecule has 1 saturated heterocycles. The van der Waals surface area contributed by atoms with Crippen molar-refractivity contribution in [2.24, 2.45) is 0 Å². The Hall–Kier alpha value is -1.28. The van der Waals surface area contributed by atoms with Gasteiger partial charge in [-0.25, -0.2) is 0 Å². The molecule has 1 aliphatic rings. The summed E-state index contributed by atoms with van der Waals surface area (Å²) < 4.78 is 41.3. The number of aliphatic hydroxyl groups is 1. The monoisotopic (exact) mass is 339 g/mol. The Morgan fingerprint density at radius 2 is 2.11 bits per heavy atom. The van der Waals surface area contributed by atoms with E-state index in [1.165, 1.54) is 12.1 Å². The molecule has 1 heterocycles. The lowest BCUT2D eigenvalue weighted by molar-refractivity contribution is -0.274. The lowest BCUT2D eigenvalue weighted by atomic mass is 10.2. The third kappa shape index (κ3) is 3.38. The number of aliphatic hydroxyl groups excluding tert-OH is 1. The van der Waals surface area contributed by atoms with Crippen LogP contribution in [0.2, 0.25) is 0 Å². The number of halogens is 4. The number of anilines is 1. The molecule has 19 heavy (non-hydrogen) atoms. The molecule has 4 nitrogen and oxygen atoms in total. The minimum Gasteiger partial charge on any atom is -0.404 e. The van der Waals surface area contributed by atoms with Crippen LogP contribution >= 0.6 is 15.9 Å². The molecule has 0 spiro atoms. The molecule has 1 unspecified atom stereocenters. The van der Waals surface area contributed by atoms with Crippen molar-refractivity contribution >= 4 is 27.5 Å².